The molecule has 1 aromatic carbocycles. The van der Waals surface area contributed by atoms with Gasteiger partial charge in [0, 0.05) is 44.2 Å². The van der Waals surface area contributed by atoms with E-state index in [1.807, 2.05) is 36.4 Å². The van der Waals surface area contributed by atoms with Crippen molar-refractivity contribution in [2.75, 3.05) is 31.1 Å². The summed E-state index contributed by atoms with van der Waals surface area (Å²) in [5, 5.41) is 2.07. The molecule has 0 amide bonds. The molecule has 3 heterocycles. The zero-order chi connectivity index (χ0) is 17.9. The van der Waals surface area contributed by atoms with Crippen LogP contribution in [0.15, 0.2) is 48.1 Å². The van der Waals surface area contributed by atoms with Crippen LogP contribution < -0.4 is 4.90 Å². The van der Waals surface area contributed by atoms with Gasteiger partial charge in [-0.2, -0.15) is 0 Å². The van der Waals surface area contributed by atoms with Gasteiger partial charge in [0.05, 0.1) is 10.2 Å². The Kier molecular flexibility index (Phi) is 4.95. The molecule has 0 bridgehead atoms. The highest BCUT2D eigenvalue weighted by Crippen LogP contribution is 2.28. The molecule has 26 heavy (non-hydrogen) atoms. The van der Waals surface area contributed by atoms with Gasteiger partial charge in [-0.3, -0.25) is 9.69 Å². The van der Waals surface area contributed by atoms with E-state index in [0.717, 1.165) is 47.8 Å². The number of anilines is 1. The topological polar surface area (TPSA) is 49.3 Å². The van der Waals surface area contributed by atoms with Crippen molar-refractivity contribution >= 4 is 33.2 Å². The normalized spacial score (nSPS) is 16.7. The van der Waals surface area contributed by atoms with Gasteiger partial charge >= 0.3 is 0 Å². The third-order valence-corrected chi connectivity index (χ3v) is 5.94. The molecule has 0 spiro atoms. The Morgan fingerprint density at radius 3 is 2.65 bits per heavy atom. The number of hydrogen-bond acceptors (Lipinski definition) is 6. The van der Waals surface area contributed by atoms with Crippen LogP contribution >= 0.6 is 11.3 Å². The van der Waals surface area contributed by atoms with Gasteiger partial charge in [0.15, 0.2) is 5.78 Å². The van der Waals surface area contributed by atoms with Crippen LogP contribution in [0.3, 0.4) is 0 Å². The van der Waals surface area contributed by atoms with E-state index in [9.17, 15) is 4.79 Å². The van der Waals surface area contributed by atoms with Gasteiger partial charge in [0.1, 0.15) is 12.1 Å². The number of fused-ring (bicyclic) bond motifs is 1. The van der Waals surface area contributed by atoms with Crippen LogP contribution in [0.2, 0.25) is 0 Å². The van der Waals surface area contributed by atoms with E-state index in [4.69, 9.17) is 0 Å². The minimum Gasteiger partial charge on any atom is -0.353 e. The van der Waals surface area contributed by atoms with Crippen LogP contribution in [0, 0.1) is 0 Å². The summed E-state index contributed by atoms with van der Waals surface area (Å²) in [5.41, 5.74) is 1.82. The van der Waals surface area contributed by atoms with Crippen molar-refractivity contribution in [3.63, 3.8) is 0 Å². The number of piperazine rings is 1. The Morgan fingerprint density at radius 1 is 1.12 bits per heavy atom. The number of Topliss-reactive ketones (excluding diaryl/α,β-unsaturated/α-hetero) is 1. The summed E-state index contributed by atoms with van der Waals surface area (Å²) < 4.78 is 1.16. The first-order chi connectivity index (χ1) is 12.7. The highest BCUT2D eigenvalue weighted by Gasteiger charge is 2.24. The SMILES string of the molecule is C[C@@H](CC(=O)c1ccccc1)N1CCN(c2ncnc3ccsc23)CC1. The highest BCUT2D eigenvalue weighted by atomic mass is 32.1. The van der Waals surface area contributed by atoms with Crippen molar-refractivity contribution in [1.29, 1.82) is 0 Å². The number of hydrogen-bond donors (Lipinski definition) is 0. The van der Waals surface area contributed by atoms with E-state index in [1.54, 1.807) is 17.7 Å². The second-order valence-corrected chi connectivity index (χ2v) is 7.61. The molecule has 2 aromatic heterocycles. The summed E-state index contributed by atoms with van der Waals surface area (Å²) in [6, 6.07) is 11.9. The Labute approximate surface area is 157 Å². The zero-order valence-corrected chi connectivity index (χ0v) is 15.7. The fraction of sp³-hybridized carbons (Fsp3) is 0.350. The lowest BCUT2D eigenvalue weighted by Gasteiger charge is -2.38. The largest absolute Gasteiger partial charge is 0.353 e. The number of rotatable bonds is 5. The quantitative estimate of drug-likeness (QED) is 0.647. The number of aromatic nitrogens is 2. The summed E-state index contributed by atoms with van der Waals surface area (Å²) in [7, 11) is 0. The molecule has 0 N–H and O–H groups in total. The lowest BCUT2D eigenvalue weighted by atomic mass is 10.0. The van der Waals surface area contributed by atoms with Gasteiger partial charge in [-0.25, -0.2) is 9.97 Å². The molecule has 0 unspecified atom stereocenters. The molecule has 0 radical (unpaired) electrons. The highest BCUT2D eigenvalue weighted by molar-refractivity contribution is 7.17. The molecule has 1 atom stereocenters. The Bertz CT molecular complexity index is 887. The van der Waals surface area contributed by atoms with Crippen LogP contribution in [-0.2, 0) is 0 Å². The molecule has 1 aliphatic rings. The average Bonchev–Trinajstić information content (AvgIpc) is 3.17. The number of benzene rings is 1. The van der Waals surface area contributed by atoms with E-state index in [2.05, 4.69) is 32.1 Å². The van der Waals surface area contributed by atoms with Crippen LogP contribution in [-0.4, -0.2) is 52.9 Å². The number of nitrogens with zero attached hydrogens (tertiary/aromatic N) is 4. The monoisotopic (exact) mass is 366 g/mol. The third-order valence-electron chi connectivity index (χ3n) is 5.04. The van der Waals surface area contributed by atoms with E-state index in [-0.39, 0.29) is 11.8 Å². The summed E-state index contributed by atoms with van der Waals surface area (Å²) in [4.78, 5) is 26.0. The minimum atomic E-state index is 0.219. The van der Waals surface area contributed by atoms with E-state index in [1.165, 1.54) is 0 Å². The lowest BCUT2D eigenvalue weighted by Crippen LogP contribution is -2.50. The van der Waals surface area contributed by atoms with Crippen molar-refractivity contribution in [3.8, 4) is 0 Å². The molecular formula is C20H22N4OS. The molecule has 1 fully saturated rings. The van der Waals surface area contributed by atoms with E-state index in [0.29, 0.717) is 6.42 Å². The standard InChI is InChI=1S/C20H22N4OS/c1-15(13-18(25)16-5-3-2-4-6-16)23-8-10-24(11-9-23)20-19-17(7-12-26-19)21-14-22-20/h2-7,12,14-15H,8-11,13H2,1H3/t15-/m0/s1. The van der Waals surface area contributed by atoms with Crippen molar-refractivity contribution in [1.82, 2.24) is 14.9 Å². The molecular weight excluding hydrogens is 344 g/mol. The number of thiophene rings is 1. The van der Waals surface area contributed by atoms with Crippen LogP contribution in [0.5, 0.6) is 0 Å². The molecule has 134 valence electrons. The van der Waals surface area contributed by atoms with Crippen molar-refractivity contribution in [2.24, 2.45) is 0 Å². The molecule has 4 rings (SSSR count). The minimum absolute atomic E-state index is 0.219. The van der Waals surface area contributed by atoms with Gasteiger partial charge in [-0.1, -0.05) is 30.3 Å². The number of ketones is 1. The second kappa shape index (κ2) is 7.51. The van der Waals surface area contributed by atoms with Crippen LogP contribution in [0.1, 0.15) is 23.7 Å². The summed E-state index contributed by atoms with van der Waals surface area (Å²) >= 11 is 1.70. The number of carbonyl (C=O) groups excluding carboxylic acids is 1. The Morgan fingerprint density at radius 2 is 1.88 bits per heavy atom. The van der Waals surface area contributed by atoms with E-state index < -0.39 is 0 Å². The fourth-order valence-corrected chi connectivity index (χ4v) is 4.38. The van der Waals surface area contributed by atoms with Crippen molar-refractivity contribution < 1.29 is 4.79 Å². The lowest BCUT2D eigenvalue weighted by molar-refractivity contribution is 0.0923. The van der Waals surface area contributed by atoms with Gasteiger partial charge in [-0.15, -0.1) is 11.3 Å². The van der Waals surface area contributed by atoms with Crippen LogP contribution in [0.25, 0.3) is 10.2 Å². The fourth-order valence-electron chi connectivity index (χ4n) is 3.51. The smallest absolute Gasteiger partial charge is 0.164 e. The molecule has 0 aliphatic carbocycles. The van der Waals surface area contributed by atoms with Gasteiger partial charge in [-0.05, 0) is 18.4 Å². The maximum absolute atomic E-state index is 12.4. The zero-order valence-electron chi connectivity index (χ0n) is 14.8. The third kappa shape index (κ3) is 3.48. The summed E-state index contributed by atoms with van der Waals surface area (Å²) in [6.07, 6.45) is 2.21. The molecule has 5 nitrogen and oxygen atoms in total. The molecule has 3 aromatic rings. The summed E-state index contributed by atoms with van der Waals surface area (Å²) in [6.45, 7) is 5.89. The first kappa shape index (κ1) is 17.1. The van der Waals surface area contributed by atoms with Gasteiger partial charge in [0.2, 0.25) is 0 Å². The first-order valence-electron chi connectivity index (χ1n) is 8.98. The van der Waals surface area contributed by atoms with Gasteiger partial charge < -0.3 is 4.90 Å². The van der Waals surface area contributed by atoms with Crippen molar-refractivity contribution in [3.05, 3.63) is 53.7 Å². The van der Waals surface area contributed by atoms with Gasteiger partial charge in [0.25, 0.3) is 0 Å². The maximum Gasteiger partial charge on any atom is 0.164 e. The predicted molar refractivity (Wildman–Crippen MR) is 106 cm³/mol. The molecule has 1 aliphatic heterocycles. The average molecular weight is 366 g/mol. The van der Waals surface area contributed by atoms with Crippen LogP contribution in [0.4, 0.5) is 5.82 Å². The summed E-state index contributed by atoms with van der Waals surface area (Å²) in [5.74, 6) is 1.26. The molecule has 1 saturated heterocycles. The first-order valence-corrected chi connectivity index (χ1v) is 9.86. The molecule has 0 saturated carbocycles. The van der Waals surface area contributed by atoms with E-state index >= 15 is 0 Å². The molecule has 6 heteroatoms. The van der Waals surface area contributed by atoms with Crippen molar-refractivity contribution in [2.45, 2.75) is 19.4 Å². The Balaban J connectivity index is 1.37. The maximum atomic E-state index is 12.4. The second-order valence-electron chi connectivity index (χ2n) is 6.70. The Hall–Kier alpha value is -2.31. The predicted octanol–water partition coefficient (Wildman–Crippen LogP) is 3.47. The number of carbonyl (C=O) groups is 1.